The maximum Gasteiger partial charge on any atom is 0.193 e. The molecule has 3 saturated heterocycles. The summed E-state index contributed by atoms with van der Waals surface area (Å²) in [5.41, 5.74) is 1.16. The molecular weight excluding hydrogens is 402 g/mol. The van der Waals surface area contributed by atoms with Crippen LogP contribution in [0.3, 0.4) is 0 Å². The van der Waals surface area contributed by atoms with Crippen LogP contribution in [-0.2, 0) is 9.47 Å². The second kappa shape index (κ2) is 10.8. The molecule has 0 radical (unpaired) electrons. The van der Waals surface area contributed by atoms with E-state index in [1.165, 1.54) is 6.42 Å². The highest BCUT2D eigenvalue weighted by Crippen LogP contribution is 2.28. The summed E-state index contributed by atoms with van der Waals surface area (Å²) in [6, 6.07) is 8.95. The van der Waals surface area contributed by atoms with E-state index in [9.17, 15) is 0 Å². The Labute approximate surface area is 185 Å². The van der Waals surface area contributed by atoms with E-state index in [-0.39, 0.29) is 6.04 Å². The average Bonchev–Trinajstić information content (AvgIpc) is 3.29. The summed E-state index contributed by atoms with van der Waals surface area (Å²) in [5.74, 6) is 0.982. The second-order valence-corrected chi connectivity index (χ2v) is 8.56. The van der Waals surface area contributed by atoms with Crippen LogP contribution in [0.4, 0.5) is 0 Å². The fourth-order valence-electron chi connectivity index (χ4n) is 4.77. The van der Waals surface area contributed by atoms with Crippen molar-refractivity contribution in [3.8, 4) is 0 Å². The highest BCUT2D eigenvalue weighted by molar-refractivity contribution is 6.31. The first-order chi connectivity index (χ1) is 14.8. The van der Waals surface area contributed by atoms with Gasteiger partial charge in [-0.1, -0.05) is 29.8 Å². The number of ether oxygens (including phenoxy) is 2. The van der Waals surface area contributed by atoms with E-state index in [1.807, 2.05) is 19.2 Å². The van der Waals surface area contributed by atoms with Crippen LogP contribution in [0.25, 0.3) is 0 Å². The summed E-state index contributed by atoms with van der Waals surface area (Å²) >= 11 is 6.58. The Morgan fingerprint density at radius 2 is 1.80 bits per heavy atom. The van der Waals surface area contributed by atoms with Crippen molar-refractivity contribution in [2.45, 2.75) is 18.5 Å². The van der Waals surface area contributed by atoms with Crippen LogP contribution in [0, 0.1) is 0 Å². The zero-order valence-electron chi connectivity index (χ0n) is 17.9. The van der Waals surface area contributed by atoms with Crippen LogP contribution in [-0.4, -0.2) is 106 Å². The fraction of sp³-hybridized carbons (Fsp3) is 0.682. The molecule has 1 N–H and O–H groups in total. The van der Waals surface area contributed by atoms with Crippen molar-refractivity contribution in [2.75, 3.05) is 79.3 Å². The average molecular weight is 436 g/mol. The zero-order valence-corrected chi connectivity index (χ0v) is 18.7. The quantitative estimate of drug-likeness (QED) is 0.561. The highest BCUT2D eigenvalue weighted by atomic mass is 35.5. The maximum absolute atomic E-state index is 6.58. The number of benzene rings is 1. The third-order valence-corrected chi connectivity index (χ3v) is 6.79. The number of nitrogens with zero attached hydrogens (tertiary/aromatic N) is 4. The third-order valence-electron chi connectivity index (χ3n) is 6.44. The van der Waals surface area contributed by atoms with E-state index in [0.29, 0.717) is 6.04 Å². The number of likely N-dealkylation sites (tertiary alicyclic amines) is 1. The van der Waals surface area contributed by atoms with Gasteiger partial charge in [0.15, 0.2) is 5.96 Å². The number of hydrogen-bond donors (Lipinski definition) is 1. The number of halogens is 1. The molecule has 1 aromatic carbocycles. The summed E-state index contributed by atoms with van der Waals surface area (Å²) in [6.45, 7) is 9.97. The Hall–Kier alpha value is -1.38. The summed E-state index contributed by atoms with van der Waals surface area (Å²) in [4.78, 5) is 12.0. The van der Waals surface area contributed by atoms with Gasteiger partial charge < -0.3 is 19.7 Å². The molecule has 30 heavy (non-hydrogen) atoms. The Balaban J connectivity index is 1.40. The number of guanidine groups is 1. The predicted octanol–water partition coefficient (Wildman–Crippen LogP) is 1.70. The van der Waals surface area contributed by atoms with Crippen molar-refractivity contribution in [2.24, 2.45) is 4.99 Å². The number of nitrogens with one attached hydrogen (secondary N) is 1. The molecule has 3 aliphatic rings. The van der Waals surface area contributed by atoms with Crippen LogP contribution < -0.4 is 5.32 Å². The minimum Gasteiger partial charge on any atom is -0.379 e. The Morgan fingerprint density at radius 3 is 2.50 bits per heavy atom. The van der Waals surface area contributed by atoms with Crippen molar-refractivity contribution >= 4 is 17.6 Å². The summed E-state index contributed by atoms with van der Waals surface area (Å²) < 4.78 is 11.1. The van der Waals surface area contributed by atoms with Crippen LogP contribution >= 0.6 is 11.6 Å². The van der Waals surface area contributed by atoms with Gasteiger partial charge in [-0.2, -0.15) is 0 Å². The molecule has 3 heterocycles. The number of rotatable bonds is 5. The van der Waals surface area contributed by atoms with E-state index in [1.54, 1.807) is 0 Å². The standard InChI is InChI=1S/C22H34ClN5O2/c1-24-22(28-7-6-18(17-28)26-8-12-29-13-9-26)25-16-21(27-10-14-30-15-11-27)19-4-2-3-5-20(19)23/h2-5,18,21H,6-17H2,1H3,(H,24,25). The SMILES string of the molecule is CN=C(NCC(c1ccccc1Cl)N1CCOCC1)N1CCC(N2CCOCC2)C1. The molecule has 2 unspecified atom stereocenters. The van der Waals surface area contributed by atoms with Gasteiger partial charge in [0.2, 0.25) is 0 Å². The minimum absolute atomic E-state index is 0.192. The minimum atomic E-state index is 0.192. The number of aliphatic imine (C=N–C) groups is 1. The van der Waals surface area contributed by atoms with Crippen molar-refractivity contribution in [3.63, 3.8) is 0 Å². The molecule has 0 bridgehead atoms. The van der Waals surface area contributed by atoms with Crippen molar-refractivity contribution in [1.29, 1.82) is 0 Å². The molecule has 1 aromatic rings. The van der Waals surface area contributed by atoms with Crippen LogP contribution in [0.15, 0.2) is 29.3 Å². The molecule has 166 valence electrons. The van der Waals surface area contributed by atoms with Gasteiger partial charge in [0.25, 0.3) is 0 Å². The lowest BCUT2D eigenvalue weighted by Crippen LogP contribution is -2.48. The molecule has 0 saturated carbocycles. The molecular formula is C22H34ClN5O2. The number of hydrogen-bond acceptors (Lipinski definition) is 5. The lowest BCUT2D eigenvalue weighted by atomic mass is 10.0. The topological polar surface area (TPSA) is 52.6 Å². The van der Waals surface area contributed by atoms with Gasteiger partial charge >= 0.3 is 0 Å². The monoisotopic (exact) mass is 435 g/mol. The van der Waals surface area contributed by atoms with E-state index >= 15 is 0 Å². The lowest BCUT2D eigenvalue weighted by molar-refractivity contribution is 0.0167. The summed E-state index contributed by atoms with van der Waals surface area (Å²) in [5, 5.41) is 4.47. The Bertz CT molecular complexity index is 707. The smallest absolute Gasteiger partial charge is 0.193 e. The van der Waals surface area contributed by atoms with Gasteiger partial charge in [-0.25, -0.2) is 0 Å². The van der Waals surface area contributed by atoms with Crippen LogP contribution in [0.2, 0.25) is 5.02 Å². The van der Waals surface area contributed by atoms with Gasteiger partial charge in [-0.05, 0) is 18.1 Å². The largest absolute Gasteiger partial charge is 0.379 e. The highest BCUT2D eigenvalue weighted by Gasteiger charge is 2.31. The van der Waals surface area contributed by atoms with Crippen LogP contribution in [0.5, 0.6) is 0 Å². The molecule has 0 spiro atoms. The molecule has 0 amide bonds. The predicted molar refractivity (Wildman–Crippen MR) is 120 cm³/mol. The summed E-state index contributed by atoms with van der Waals surface area (Å²) in [7, 11) is 1.88. The van der Waals surface area contributed by atoms with Gasteiger partial charge in [-0.15, -0.1) is 0 Å². The van der Waals surface area contributed by atoms with Crippen LogP contribution in [0.1, 0.15) is 18.0 Å². The molecule has 2 atom stereocenters. The molecule has 8 heteroatoms. The molecule has 7 nitrogen and oxygen atoms in total. The van der Waals surface area contributed by atoms with Gasteiger partial charge in [0.1, 0.15) is 0 Å². The van der Waals surface area contributed by atoms with Crippen molar-refractivity contribution < 1.29 is 9.47 Å². The van der Waals surface area contributed by atoms with Crippen molar-refractivity contribution in [3.05, 3.63) is 34.9 Å². The second-order valence-electron chi connectivity index (χ2n) is 8.15. The molecule has 0 aliphatic carbocycles. The fourth-order valence-corrected chi connectivity index (χ4v) is 5.03. The third kappa shape index (κ3) is 5.26. The summed E-state index contributed by atoms with van der Waals surface area (Å²) in [6.07, 6.45) is 1.18. The molecule has 3 aliphatic heterocycles. The first-order valence-corrected chi connectivity index (χ1v) is 11.5. The molecule has 4 rings (SSSR count). The van der Waals surface area contributed by atoms with E-state index in [4.69, 9.17) is 21.1 Å². The number of morpholine rings is 2. The first-order valence-electron chi connectivity index (χ1n) is 11.1. The Kier molecular flexibility index (Phi) is 7.84. The molecule has 3 fully saturated rings. The van der Waals surface area contributed by atoms with Gasteiger partial charge in [0.05, 0.1) is 32.5 Å². The normalized spacial score (nSPS) is 25.5. The van der Waals surface area contributed by atoms with E-state index < -0.39 is 0 Å². The Morgan fingerprint density at radius 1 is 1.10 bits per heavy atom. The van der Waals surface area contributed by atoms with Gasteiger partial charge in [0, 0.05) is 63.9 Å². The maximum atomic E-state index is 6.58. The first kappa shape index (κ1) is 21.8. The van der Waals surface area contributed by atoms with Gasteiger partial charge in [-0.3, -0.25) is 14.8 Å². The zero-order chi connectivity index (χ0) is 20.8. The van der Waals surface area contributed by atoms with E-state index in [2.05, 4.69) is 37.1 Å². The van der Waals surface area contributed by atoms with E-state index in [0.717, 1.165) is 88.8 Å². The molecule has 0 aromatic heterocycles. The van der Waals surface area contributed by atoms with Crippen molar-refractivity contribution in [1.82, 2.24) is 20.0 Å². The lowest BCUT2D eigenvalue weighted by Gasteiger charge is -2.36.